The first-order valence-electron chi connectivity index (χ1n) is 7.90. The minimum Gasteiger partial charge on any atom is -0.471 e. The Labute approximate surface area is 159 Å². The number of benzene rings is 2. The van der Waals surface area contributed by atoms with E-state index in [1.165, 1.54) is 22.9 Å². The maximum atomic E-state index is 12.3. The van der Waals surface area contributed by atoms with Crippen LogP contribution >= 0.6 is 11.6 Å². The van der Waals surface area contributed by atoms with Crippen molar-refractivity contribution >= 4 is 28.9 Å². The lowest BCUT2D eigenvalue weighted by molar-refractivity contribution is -0.384. The Morgan fingerprint density at radius 2 is 2.00 bits per heavy atom. The van der Waals surface area contributed by atoms with Crippen molar-refractivity contribution in [2.75, 3.05) is 5.32 Å². The predicted molar refractivity (Wildman–Crippen MR) is 100 cm³/mol. The van der Waals surface area contributed by atoms with Gasteiger partial charge in [-0.05, 0) is 48.9 Å². The minimum absolute atomic E-state index is 0.0968. The molecule has 0 spiro atoms. The lowest BCUT2D eigenvalue weighted by atomic mass is 10.2. The molecule has 3 aromatic rings. The number of hydrogen-bond acceptors (Lipinski definition) is 5. The summed E-state index contributed by atoms with van der Waals surface area (Å²) in [6.45, 7) is 1.83. The SMILES string of the molecule is Cc1ccc(NC(=O)c2ccn(COc3ccc(Cl)cc3)n2)c([N+](=O)[O-])c1. The normalized spacial score (nSPS) is 10.4. The average Bonchev–Trinajstić information content (AvgIpc) is 3.12. The second-order valence-electron chi connectivity index (χ2n) is 5.70. The lowest BCUT2D eigenvalue weighted by Gasteiger charge is -2.06. The molecular weight excluding hydrogens is 372 g/mol. The first kappa shape index (κ1) is 18.4. The molecule has 3 rings (SSSR count). The number of carbonyl (C=O) groups excluding carboxylic acids is 1. The smallest absolute Gasteiger partial charge is 0.293 e. The van der Waals surface area contributed by atoms with Gasteiger partial charge in [-0.25, -0.2) is 4.68 Å². The van der Waals surface area contributed by atoms with Crippen molar-refractivity contribution in [3.05, 3.63) is 81.1 Å². The third-order valence-corrected chi connectivity index (χ3v) is 3.90. The van der Waals surface area contributed by atoms with E-state index in [2.05, 4.69) is 10.4 Å². The molecule has 1 heterocycles. The molecular formula is C18H15ClN4O4. The summed E-state index contributed by atoms with van der Waals surface area (Å²) in [6, 6.07) is 12.9. The standard InChI is InChI=1S/C18H15ClN4O4/c1-12-2-7-15(17(10-12)23(25)26)20-18(24)16-8-9-22(21-16)11-27-14-5-3-13(19)4-6-14/h2-10H,11H2,1H3,(H,20,24). The van der Waals surface area contributed by atoms with Gasteiger partial charge >= 0.3 is 0 Å². The number of nitro benzene ring substituents is 1. The number of ether oxygens (including phenoxy) is 1. The number of aryl methyl sites for hydroxylation is 1. The van der Waals surface area contributed by atoms with Crippen LogP contribution in [0.1, 0.15) is 16.1 Å². The highest BCUT2D eigenvalue weighted by molar-refractivity contribution is 6.30. The van der Waals surface area contributed by atoms with E-state index in [1.807, 2.05) is 0 Å². The summed E-state index contributed by atoms with van der Waals surface area (Å²) < 4.78 is 6.98. The van der Waals surface area contributed by atoms with E-state index < -0.39 is 10.8 Å². The Hall–Kier alpha value is -3.39. The monoisotopic (exact) mass is 386 g/mol. The maximum absolute atomic E-state index is 12.3. The fourth-order valence-electron chi connectivity index (χ4n) is 2.31. The molecule has 0 saturated carbocycles. The maximum Gasteiger partial charge on any atom is 0.293 e. The molecule has 0 bridgehead atoms. The molecule has 1 N–H and O–H groups in total. The zero-order chi connectivity index (χ0) is 19.4. The number of rotatable bonds is 6. The third-order valence-electron chi connectivity index (χ3n) is 3.65. The van der Waals surface area contributed by atoms with Gasteiger partial charge in [-0.1, -0.05) is 17.7 Å². The quantitative estimate of drug-likeness (QED) is 0.509. The number of hydrogen-bond donors (Lipinski definition) is 1. The molecule has 138 valence electrons. The van der Waals surface area contributed by atoms with Crippen LogP contribution in [0.4, 0.5) is 11.4 Å². The zero-order valence-electron chi connectivity index (χ0n) is 14.3. The number of anilines is 1. The van der Waals surface area contributed by atoms with Crippen LogP contribution in [-0.4, -0.2) is 20.6 Å². The predicted octanol–water partition coefficient (Wildman–Crippen LogP) is 4.04. The average molecular weight is 387 g/mol. The van der Waals surface area contributed by atoms with Crippen LogP contribution in [0.25, 0.3) is 0 Å². The number of nitro groups is 1. The zero-order valence-corrected chi connectivity index (χ0v) is 15.0. The summed E-state index contributed by atoms with van der Waals surface area (Å²) in [5.74, 6) is 0.0587. The summed E-state index contributed by atoms with van der Waals surface area (Å²) in [7, 11) is 0. The Balaban J connectivity index is 1.66. The number of halogens is 1. The Kier molecular flexibility index (Phi) is 5.37. The van der Waals surface area contributed by atoms with Crippen LogP contribution < -0.4 is 10.1 Å². The fraction of sp³-hybridized carbons (Fsp3) is 0.111. The topological polar surface area (TPSA) is 99.3 Å². The van der Waals surface area contributed by atoms with Gasteiger partial charge in [-0.2, -0.15) is 5.10 Å². The van der Waals surface area contributed by atoms with Gasteiger partial charge in [0.25, 0.3) is 11.6 Å². The van der Waals surface area contributed by atoms with Crippen LogP contribution in [0.2, 0.25) is 5.02 Å². The van der Waals surface area contributed by atoms with Gasteiger partial charge in [0.15, 0.2) is 12.4 Å². The molecule has 1 aromatic heterocycles. The first-order chi connectivity index (χ1) is 12.9. The second kappa shape index (κ2) is 7.88. The molecule has 0 fully saturated rings. The van der Waals surface area contributed by atoms with Crippen molar-refractivity contribution in [1.82, 2.24) is 9.78 Å². The highest BCUT2D eigenvalue weighted by atomic mass is 35.5. The van der Waals surface area contributed by atoms with Crippen molar-refractivity contribution in [2.45, 2.75) is 13.7 Å². The Morgan fingerprint density at radius 3 is 2.70 bits per heavy atom. The van der Waals surface area contributed by atoms with Gasteiger partial charge in [-0.3, -0.25) is 14.9 Å². The fourth-order valence-corrected chi connectivity index (χ4v) is 2.44. The van der Waals surface area contributed by atoms with Gasteiger partial charge in [0.2, 0.25) is 0 Å². The molecule has 0 aliphatic carbocycles. The van der Waals surface area contributed by atoms with E-state index >= 15 is 0 Å². The molecule has 0 aliphatic heterocycles. The number of amides is 1. The number of nitrogens with one attached hydrogen (secondary N) is 1. The Bertz CT molecular complexity index is 985. The van der Waals surface area contributed by atoms with Gasteiger partial charge in [0.1, 0.15) is 11.4 Å². The van der Waals surface area contributed by atoms with E-state index in [0.29, 0.717) is 10.8 Å². The summed E-state index contributed by atoms with van der Waals surface area (Å²) in [6.07, 6.45) is 1.58. The van der Waals surface area contributed by atoms with E-state index in [-0.39, 0.29) is 23.8 Å². The van der Waals surface area contributed by atoms with Crippen molar-refractivity contribution in [1.29, 1.82) is 0 Å². The van der Waals surface area contributed by atoms with Gasteiger partial charge < -0.3 is 10.1 Å². The van der Waals surface area contributed by atoms with E-state index in [0.717, 1.165) is 5.56 Å². The van der Waals surface area contributed by atoms with Crippen molar-refractivity contribution < 1.29 is 14.5 Å². The molecule has 0 saturated heterocycles. The number of carbonyl (C=O) groups is 1. The molecule has 8 nitrogen and oxygen atoms in total. The van der Waals surface area contributed by atoms with Gasteiger partial charge in [-0.15, -0.1) is 0 Å². The number of nitrogens with zero attached hydrogens (tertiary/aromatic N) is 3. The molecule has 0 radical (unpaired) electrons. The van der Waals surface area contributed by atoms with Gasteiger partial charge in [0.05, 0.1) is 4.92 Å². The molecule has 2 aromatic carbocycles. The van der Waals surface area contributed by atoms with E-state index in [4.69, 9.17) is 16.3 Å². The highest BCUT2D eigenvalue weighted by Gasteiger charge is 2.18. The second-order valence-corrected chi connectivity index (χ2v) is 6.14. The lowest BCUT2D eigenvalue weighted by Crippen LogP contribution is -2.15. The summed E-state index contributed by atoms with van der Waals surface area (Å²) in [4.78, 5) is 22.9. The summed E-state index contributed by atoms with van der Waals surface area (Å²) >= 11 is 5.81. The van der Waals surface area contributed by atoms with Crippen molar-refractivity contribution in [3.8, 4) is 5.75 Å². The minimum atomic E-state index is -0.549. The van der Waals surface area contributed by atoms with Gasteiger partial charge in [0, 0.05) is 17.3 Å². The molecule has 27 heavy (non-hydrogen) atoms. The van der Waals surface area contributed by atoms with Crippen molar-refractivity contribution in [2.24, 2.45) is 0 Å². The largest absolute Gasteiger partial charge is 0.471 e. The first-order valence-corrected chi connectivity index (χ1v) is 8.28. The molecule has 9 heteroatoms. The van der Waals surface area contributed by atoms with E-state index in [1.54, 1.807) is 43.5 Å². The molecule has 1 amide bonds. The number of aromatic nitrogens is 2. The van der Waals surface area contributed by atoms with Crippen LogP contribution in [0.5, 0.6) is 5.75 Å². The third kappa shape index (κ3) is 4.62. The molecule has 0 atom stereocenters. The van der Waals surface area contributed by atoms with E-state index in [9.17, 15) is 14.9 Å². The summed E-state index contributed by atoms with van der Waals surface area (Å²) in [5.41, 5.74) is 0.782. The van der Waals surface area contributed by atoms with Crippen LogP contribution in [0.15, 0.2) is 54.7 Å². The molecule has 0 unspecified atom stereocenters. The summed E-state index contributed by atoms with van der Waals surface area (Å²) in [5, 5.41) is 18.4. The molecule has 0 aliphatic rings. The Morgan fingerprint density at radius 1 is 1.26 bits per heavy atom. The van der Waals surface area contributed by atoms with Crippen LogP contribution in [0, 0.1) is 17.0 Å². The highest BCUT2D eigenvalue weighted by Crippen LogP contribution is 2.25. The van der Waals surface area contributed by atoms with Crippen LogP contribution in [-0.2, 0) is 6.73 Å². The van der Waals surface area contributed by atoms with Crippen LogP contribution in [0.3, 0.4) is 0 Å². The van der Waals surface area contributed by atoms with Crippen molar-refractivity contribution in [3.63, 3.8) is 0 Å².